The first kappa shape index (κ1) is 16.6. The highest BCUT2D eigenvalue weighted by Gasteiger charge is 2.16. The second-order valence-electron chi connectivity index (χ2n) is 4.42. The van der Waals surface area contributed by atoms with Gasteiger partial charge in [-0.1, -0.05) is 12.2 Å². The van der Waals surface area contributed by atoms with Crippen LogP contribution < -0.4 is 5.32 Å². The summed E-state index contributed by atoms with van der Waals surface area (Å²) in [6.45, 7) is 6.73. The summed E-state index contributed by atoms with van der Waals surface area (Å²) < 4.78 is 9.88. The molecule has 7 heteroatoms. The molecule has 0 aliphatic carbocycles. The molecule has 0 spiro atoms. The summed E-state index contributed by atoms with van der Waals surface area (Å²) in [6.07, 6.45) is 0. The van der Waals surface area contributed by atoms with Crippen molar-refractivity contribution in [1.29, 1.82) is 0 Å². The summed E-state index contributed by atoms with van der Waals surface area (Å²) in [4.78, 5) is 21.9. The fraction of sp³-hybridized carbons (Fsp3) is 0.357. The molecular formula is C14H18N2O5. The van der Waals surface area contributed by atoms with E-state index in [2.05, 4.69) is 16.6 Å². The van der Waals surface area contributed by atoms with E-state index >= 15 is 0 Å². The van der Waals surface area contributed by atoms with Crippen molar-refractivity contribution in [3.8, 4) is 0 Å². The van der Waals surface area contributed by atoms with Crippen LogP contribution in [0.3, 0.4) is 0 Å². The third kappa shape index (κ3) is 5.23. The average molecular weight is 294 g/mol. The largest absolute Gasteiger partial charge is 0.465 e. The number of nitrogens with zero attached hydrogens (tertiary/aromatic N) is 1. The van der Waals surface area contributed by atoms with Crippen molar-refractivity contribution in [3.63, 3.8) is 0 Å². The van der Waals surface area contributed by atoms with E-state index in [0.717, 1.165) is 5.57 Å². The number of esters is 1. The monoisotopic (exact) mass is 294 g/mol. The standard InChI is InChI=1S/C14H18N2O5/c1-10(2)9-21-7-6-15-12-8-11(14(17)20-3)4-5-13(12)16(18)19/h4-5,8,15H,1,6-7,9H2,2-3H3. The molecule has 0 aliphatic heterocycles. The lowest BCUT2D eigenvalue weighted by molar-refractivity contribution is -0.384. The summed E-state index contributed by atoms with van der Waals surface area (Å²) in [6, 6.07) is 4.01. The van der Waals surface area contributed by atoms with Crippen molar-refractivity contribution < 1.29 is 19.2 Å². The van der Waals surface area contributed by atoms with Gasteiger partial charge in [-0.3, -0.25) is 10.1 Å². The van der Waals surface area contributed by atoms with E-state index in [1.165, 1.54) is 25.3 Å². The Kier molecular flexibility index (Phi) is 6.35. The molecule has 0 heterocycles. The maximum absolute atomic E-state index is 11.4. The summed E-state index contributed by atoms with van der Waals surface area (Å²) in [5.41, 5.74) is 1.28. The fourth-order valence-electron chi connectivity index (χ4n) is 1.59. The molecule has 0 bridgehead atoms. The zero-order chi connectivity index (χ0) is 15.8. The SMILES string of the molecule is C=C(C)COCCNc1cc(C(=O)OC)ccc1[N+](=O)[O-]. The van der Waals surface area contributed by atoms with E-state index in [9.17, 15) is 14.9 Å². The number of methoxy groups -OCH3 is 1. The summed E-state index contributed by atoms with van der Waals surface area (Å²) >= 11 is 0. The Morgan fingerprint density at radius 2 is 2.19 bits per heavy atom. The minimum atomic E-state index is -0.550. The van der Waals surface area contributed by atoms with Crippen LogP contribution in [0.5, 0.6) is 0 Å². The molecule has 1 N–H and O–H groups in total. The lowest BCUT2D eigenvalue weighted by atomic mass is 10.1. The van der Waals surface area contributed by atoms with E-state index in [1.807, 2.05) is 6.92 Å². The zero-order valence-electron chi connectivity index (χ0n) is 12.0. The van der Waals surface area contributed by atoms with Gasteiger partial charge in [0.05, 0.1) is 30.8 Å². The lowest BCUT2D eigenvalue weighted by Gasteiger charge is -2.09. The summed E-state index contributed by atoms with van der Waals surface area (Å²) in [5.74, 6) is -0.550. The molecule has 0 unspecified atom stereocenters. The Bertz CT molecular complexity index is 542. The van der Waals surface area contributed by atoms with Gasteiger partial charge >= 0.3 is 5.97 Å². The van der Waals surface area contributed by atoms with E-state index < -0.39 is 10.9 Å². The molecule has 1 rings (SSSR count). The Balaban J connectivity index is 2.74. The van der Waals surface area contributed by atoms with E-state index in [-0.39, 0.29) is 16.9 Å². The Labute approximate surface area is 122 Å². The highest BCUT2D eigenvalue weighted by atomic mass is 16.6. The molecule has 0 amide bonds. The molecule has 7 nitrogen and oxygen atoms in total. The normalized spacial score (nSPS) is 10.0. The first-order valence-corrected chi connectivity index (χ1v) is 6.28. The molecular weight excluding hydrogens is 276 g/mol. The molecule has 1 aromatic rings. The minimum Gasteiger partial charge on any atom is -0.465 e. The molecule has 21 heavy (non-hydrogen) atoms. The van der Waals surface area contributed by atoms with Gasteiger partial charge in [0.1, 0.15) is 5.69 Å². The maximum Gasteiger partial charge on any atom is 0.337 e. The molecule has 0 saturated heterocycles. The van der Waals surface area contributed by atoms with Gasteiger partial charge in [-0.2, -0.15) is 0 Å². The lowest BCUT2D eigenvalue weighted by Crippen LogP contribution is -2.12. The van der Waals surface area contributed by atoms with Gasteiger partial charge in [-0.25, -0.2) is 4.79 Å². The number of carbonyl (C=O) groups is 1. The Morgan fingerprint density at radius 3 is 2.76 bits per heavy atom. The van der Waals surface area contributed by atoms with Crippen LogP contribution in [0.15, 0.2) is 30.4 Å². The Morgan fingerprint density at radius 1 is 1.48 bits per heavy atom. The molecule has 1 aromatic carbocycles. The van der Waals surface area contributed by atoms with Crippen molar-refractivity contribution in [1.82, 2.24) is 0 Å². The van der Waals surface area contributed by atoms with Gasteiger partial charge in [0, 0.05) is 12.6 Å². The predicted molar refractivity (Wildman–Crippen MR) is 78.6 cm³/mol. The summed E-state index contributed by atoms with van der Waals surface area (Å²) in [5, 5.41) is 13.8. The van der Waals surface area contributed by atoms with Crippen LogP contribution in [0.2, 0.25) is 0 Å². The summed E-state index contributed by atoms with van der Waals surface area (Å²) in [7, 11) is 1.25. The molecule has 0 aromatic heterocycles. The number of anilines is 1. The number of nitro groups is 1. The van der Waals surface area contributed by atoms with Crippen LogP contribution in [0.4, 0.5) is 11.4 Å². The van der Waals surface area contributed by atoms with Crippen LogP contribution >= 0.6 is 0 Å². The highest BCUT2D eigenvalue weighted by Crippen LogP contribution is 2.25. The van der Waals surface area contributed by atoms with Gasteiger partial charge in [0.25, 0.3) is 5.69 Å². The fourth-order valence-corrected chi connectivity index (χ4v) is 1.59. The molecule has 114 valence electrons. The van der Waals surface area contributed by atoms with Gasteiger partial charge in [-0.15, -0.1) is 0 Å². The zero-order valence-corrected chi connectivity index (χ0v) is 12.0. The first-order chi connectivity index (χ1) is 9.95. The number of carbonyl (C=O) groups excluding carboxylic acids is 1. The number of hydrogen-bond donors (Lipinski definition) is 1. The van der Waals surface area contributed by atoms with Crippen molar-refractivity contribution in [3.05, 3.63) is 46.0 Å². The number of benzene rings is 1. The average Bonchev–Trinajstić information content (AvgIpc) is 2.45. The van der Waals surface area contributed by atoms with Crippen molar-refractivity contribution in [2.24, 2.45) is 0 Å². The van der Waals surface area contributed by atoms with Gasteiger partial charge in [0.15, 0.2) is 0 Å². The number of rotatable bonds is 8. The van der Waals surface area contributed by atoms with E-state index in [4.69, 9.17) is 4.74 Å². The third-order valence-corrected chi connectivity index (χ3v) is 2.52. The number of ether oxygens (including phenoxy) is 2. The molecule has 0 atom stereocenters. The second-order valence-corrected chi connectivity index (χ2v) is 4.42. The van der Waals surface area contributed by atoms with E-state index in [1.54, 1.807) is 0 Å². The first-order valence-electron chi connectivity index (χ1n) is 6.28. The predicted octanol–water partition coefficient (Wildman–Crippen LogP) is 2.39. The van der Waals surface area contributed by atoms with E-state index in [0.29, 0.717) is 19.8 Å². The van der Waals surface area contributed by atoms with Crippen molar-refractivity contribution >= 4 is 17.3 Å². The molecule has 0 radical (unpaired) electrons. The highest BCUT2D eigenvalue weighted by molar-refractivity contribution is 5.91. The smallest absolute Gasteiger partial charge is 0.337 e. The quantitative estimate of drug-likeness (QED) is 0.260. The molecule has 0 fully saturated rings. The Hall–Kier alpha value is -2.41. The van der Waals surface area contributed by atoms with Crippen molar-refractivity contribution in [2.75, 3.05) is 32.2 Å². The van der Waals surface area contributed by atoms with Gasteiger partial charge in [-0.05, 0) is 19.1 Å². The molecule has 0 saturated carbocycles. The van der Waals surface area contributed by atoms with Gasteiger partial charge < -0.3 is 14.8 Å². The van der Waals surface area contributed by atoms with Crippen LogP contribution in [0.25, 0.3) is 0 Å². The third-order valence-electron chi connectivity index (χ3n) is 2.52. The van der Waals surface area contributed by atoms with Crippen molar-refractivity contribution in [2.45, 2.75) is 6.92 Å². The minimum absolute atomic E-state index is 0.109. The van der Waals surface area contributed by atoms with Crippen LogP contribution in [-0.2, 0) is 9.47 Å². The topological polar surface area (TPSA) is 90.7 Å². The molecule has 0 aliphatic rings. The van der Waals surface area contributed by atoms with Crippen LogP contribution in [0, 0.1) is 10.1 Å². The number of nitrogens with one attached hydrogen (secondary N) is 1. The van der Waals surface area contributed by atoms with Gasteiger partial charge in [0.2, 0.25) is 0 Å². The number of nitro benzene ring substituents is 1. The second kappa shape index (κ2) is 8.01. The van der Waals surface area contributed by atoms with Crippen LogP contribution in [0.1, 0.15) is 17.3 Å². The maximum atomic E-state index is 11.4. The van der Waals surface area contributed by atoms with Crippen LogP contribution in [-0.4, -0.2) is 37.8 Å². The number of hydrogen-bond acceptors (Lipinski definition) is 6.